The molecule has 25 heavy (non-hydrogen) atoms. The number of imide groups is 1. The van der Waals surface area contributed by atoms with Crippen LogP contribution in [-0.2, 0) is 16.1 Å². The topological polar surface area (TPSA) is 49.4 Å². The summed E-state index contributed by atoms with van der Waals surface area (Å²) in [6, 6.07) is 9.87. The molecule has 0 radical (unpaired) electrons. The average molecular weight is 404 g/mol. The SMILES string of the molecule is Cl.O=C1CC(NCc2ccc(F)cc2)C(=O)N1c1cc(Cl)cc(Cl)c1. The first-order valence-corrected chi connectivity index (χ1v) is 8.00. The largest absolute Gasteiger partial charge is 0.301 e. The van der Waals surface area contributed by atoms with E-state index >= 15 is 0 Å². The van der Waals surface area contributed by atoms with Crippen LogP contribution in [0.15, 0.2) is 42.5 Å². The molecule has 1 aliphatic heterocycles. The van der Waals surface area contributed by atoms with Crippen LogP contribution in [0.1, 0.15) is 12.0 Å². The van der Waals surface area contributed by atoms with Gasteiger partial charge in [0.05, 0.1) is 18.2 Å². The minimum atomic E-state index is -0.639. The van der Waals surface area contributed by atoms with E-state index in [-0.39, 0.29) is 36.5 Å². The Hall–Kier alpha value is -1.66. The van der Waals surface area contributed by atoms with E-state index in [0.717, 1.165) is 10.5 Å². The highest BCUT2D eigenvalue weighted by atomic mass is 35.5. The predicted molar refractivity (Wildman–Crippen MR) is 97.8 cm³/mol. The lowest BCUT2D eigenvalue weighted by Gasteiger charge is -2.16. The van der Waals surface area contributed by atoms with Gasteiger partial charge in [0.1, 0.15) is 5.82 Å². The molecule has 2 aromatic carbocycles. The Bertz CT molecular complexity index is 779. The standard InChI is InChI=1S/C17H13Cl2FN2O2.ClH/c18-11-5-12(19)7-14(6-11)22-16(23)8-15(17(22)24)21-9-10-1-3-13(20)4-2-10;/h1-7,15,21H,8-9H2;1H. The van der Waals surface area contributed by atoms with Crippen LogP contribution in [0.2, 0.25) is 10.0 Å². The van der Waals surface area contributed by atoms with Gasteiger partial charge >= 0.3 is 0 Å². The third-order valence-electron chi connectivity index (χ3n) is 3.72. The molecule has 1 heterocycles. The molecule has 3 rings (SSSR count). The van der Waals surface area contributed by atoms with Crippen molar-refractivity contribution >= 4 is 53.1 Å². The Kier molecular flexibility index (Phi) is 6.41. The van der Waals surface area contributed by atoms with Gasteiger partial charge in [-0.2, -0.15) is 0 Å². The molecule has 2 amide bonds. The number of anilines is 1. The van der Waals surface area contributed by atoms with E-state index in [4.69, 9.17) is 23.2 Å². The molecular weight excluding hydrogens is 390 g/mol. The summed E-state index contributed by atoms with van der Waals surface area (Å²) in [6.07, 6.45) is 0.0458. The van der Waals surface area contributed by atoms with Crippen LogP contribution in [0.5, 0.6) is 0 Å². The smallest absolute Gasteiger partial charge is 0.251 e. The number of nitrogens with one attached hydrogen (secondary N) is 1. The summed E-state index contributed by atoms with van der Waals surface area (Å²) in [6.45, 7) is 0.355. The quantitative estimate of drug-likeness (QED) is 0.786. The molecule has 1 atom stereocenters. The first-order chi connectivity index (χ1) is 11.4. The van der Waals surface area contributed by atoms with Crippen LogP contribution in [0.3, 0.4) is 0 Å². The Labute approximate surface area is 160 Å². The van der Waals surface area contributed by atoms with Gasteiger partial charge in [0.15, 0.2) is 0 Å². The van der Waals surface area contributed by atoms with Gasteiger partial charge < -0.3 is 5.32 Å². The minimum Gasteiger partial charge on any atom is -0.301 e. The fourth-order valence-corrected chi connectivity index (χ4v) is 3.09. The zero-order valence-electron chi connectivity index (χ0n) is 12.8. The average Bonchev–Trinajstić information content (AvgIpc) is 2.80. The minimum absolute atomic E-state index is 0. The van der Waals surface area contributed by atoms with Gasteiger partial charge in [0, 0.05) is 16.6 Å². The Morgan fingerprint density at radius 2 is 1.68 bits per heavy atom. The molecule has 8 heteroatoms. The van der Waals surface area contributed by atoms with Crippen LogP contribution in [0.4, 0.5) is 10.1 Å². The van der Waals surface area contributed by atoms with Crippen LogP contribution in [0.25, 0.3) is 0 Å². The summed E-state index contributed by atoms with van der Waals surface area (Å²) >= 11 is 11.9. The third-order valence-corrected chi connectivity index (χ3v) is 4.15. The van der Waals surface area contributed by atoms with Crippen molar-refractivity contribution in [3.8, 4) is 0 Å². The molecule has 0 spiro atoms. The third kappa shape index (κ3) is 4.50. The highest BCUT2D eigenvalue weighted by Gasteiger charge is 2.39. The van der Waals surface area contributed by atoms with Gasteiger partial charge in [-0.25, -0.2) is 9.29 Å². The first kappa shape index (κ1) is 19.7. The summed E-state index contributed by atoms with van der Waals surface area (Å²) < 4.78 is 12.9. The molecule has 4 nitrogen and oxygen atoms in total. The number of hydrogen-bond acceptors (Lipinski definition) is 3. The second kappa shape index (κ2) is 8.15. The second-order valence-electron chi connectivity index (χ2n) is 5.46. The van der Waals surface area contributed by atoms with E-state index in [0.29, 0.717) is 22.3 Å². The molecule has 1 unspecified atom stereocenters. The molecule has 132 valence electrons. The van der Waals surface area contributed by atoms with Gasteiger partial charge in [0.2, 0.25) is 5.91 Å². The molecule has 1 N–H and O–H groups in total. The van der Waals surface area contributed by atoms with E-state index in [9.17, 15) is 14.0 Å². The van der Waals surface area contributed by atoms with Crippen molar-refractivity contribution in [2.45, 2.75) is 19.0 Å². The number of hydrogen-bond donors (Lipinski definition) is 1. The molecule has 2 aromatic rings. The number of benzene rings is 2. The van der Waals surface area contributed by atoms with Gasteiger partial charge in [0.25, 0.3) is 5.91 Å². The molecule has 0 aromatic heterocycles. The van der Waals surface area contributed by atoms with Crippen molar-refractivity contribution in [1.82, 2.24) is 5.32 Å². The van der Waals surface area contributed by atoms with E-state index in [1.54, 1.807) is 12.1 Å². The molecule has 1 aliphatic rings. The van der Waals surface area contributed by atoms with Crippen LogP contribution in [-0.4, -0.2) is 17.9 Å². The van der Waals surface area contributed by atoms with Crippen molar-refractivity contribution < 1.29 is 14.0 Å². The van der Waals surface area contributed by atoms with Gasteiger partial charge in [-0.05, 0) is 35.9 Å². The number of amides is 2. The normalized spacial score (nSPS) is 16.9. The summed E-state index contributed by atoms with van der Waals surface area (Å²) in [4.78, 5) is 25.8. The van der Waals surface area contributed by atoms with E-state index in [2.05, 4.69) is 5.32 Å². The van der Waals surface area contributed by atoms with Gasteiger partial charge in [-0.3, -0.25) is 9.59 Å². The van der Waals surface area contributed by atoms with Crippen molar-refractivity contribution in [1.29, 1.82) is 0 Å². The maximum atomic E-state index is 12.9. The Morgan fingerprint density at radius 3 is 2.28 bits per heavy atom. The number of nitrogens with zero attached hydrogens (tertiary/aromatic N) is 1. The van der Waals surface area contributed by atoms with Gasteiger partial charge in [-0.15, -0.1) is 12.4 Å². The Balaban J connectivity index is 0.00000225. The molecule has 0 saturated carbocycles. The van der Waals surface area contributed by atoms with Crippen molar-refractivity contribution in [2.75, 3.05) is 4.90 Å². The summed E-state index contributed by atoms with van der Waals surface area (Å²) in [5.41, 5.74) is 1.18. The fraction of sp³-hybridized carbons (Fsp3) is 0.176. The monoisotopic (exact) mass is 402 g/mol. The number of carbonyl (C=O) groups excluding carboxylic acids is 2. The van der Waals surface area contributed by atoms with Crippen LogP contribution in [0, 0.1) is 5.82 Å². The molecule has 0 bridgehead atoms. The number of carbonyl (C=O) groups is 2. The zero-order chi connectivity index (χ0) is 17.3. The first-order valence-electron chi connectivity index (χ1n) is 7.25. The fourth-order valence-electron chi connectivity index (χ4n) is 2.57. The maximum Gasteiger partial charge on any atom is 0.251 e. The van der Waals surface area contributed by atoms with Crippen LogP contribution >= 0.6 is 35.6 Å². The highest BCUT2D eigenvalue weighted by molar-refractivity contribution is 6.35. The number of rotatable bonds is 4. The van der Waals surface area contributed by atoms with E-state index in [1.807, 2.05) is 0 Å². The summed E-state index contributed by atoms with van der Waals surface area (Å²) in [5, 5.41) is 3.72. The lowest BCUT2D eigenvalue weighted by atomic mass is 10.2. The molecular formula is C17H14Cl3FN2O2. The maximum absolute atomic E-state index is 12.9. The second-order valence-corrected chi connectivity index (χ2v) is 6.33. The molecule has 1 saturated heterocycles. The predicted octanol–water partition coefficient (Wildman–Crippen LogP) is 3.98. The van der Waals surface area contributed by atoms with Crippen LogP contribution < -0.4 is 10.2 Å². The Morgan fingerprint density at radius 1 is 1.08 bits per heavy atom. The van der Waals surface area contributed by atoms with Gasteiger partial charge in [-0.1, -0.05) is 35.3 Å². The lowest BCUT2D eigenvalue weighted by Crippen LogP contribution is -2.38. The highest BCUT2D eigenvalue weighted by Crippen LogP contribution is 2.29. The van der Waals surface area contributed by atoms with E-state index in [1.165, 1.54) is 30.3 Å². The van der Waals surface area contributed by atoms with Crippen molar-refractivity contribution in [3.05, 3.63) is 63.9 Å². The number of halogens is 4. The van der Waals surface area contributed by atoms with E-state index < -0.39 is 6.04 Å². The summed E-state index contributed by atoms with van der Waals surface area (Å²) in [5.74, 6) is -1.01. The van der Waals surface area contributed by atoms with Crippen molar-refractivity contribution in [2.24, 2.45) is 0 Å². The van der Waals surface area contributed by atoms with Crippen molar-refractivity contribution in [3.63, 3.8) is 0 Å². The molecule has 1 fully saturated rings. The zero-order valence-corrected chi connectivity index (χ0v) is 15.2. The summed E-state index contributed by atoms with van der Waals surface area (Å²) in [7, 11) is 0. The lowest BCUT2D eigenvalue weighted by molar-refractivity contribution is -0.121. The molecule has 0 aliphatic carbocycles.